The van der Waals surface area contributed by atoms with Gasteiger partial charge in [0.2, 0.25) is 0 Å². The number of nitrogens with zero attached hydrogens (tertiary/aromatic N) is 1. The predicted octanol–water partition coefficient (Wildman–Crippen LogP) is 3.91. The van der Waals surface area contributed by atoms with Crippen molar-refractivity contribution in [2.45, 2.75) is 58.4 Å². The Bertz CT molecular complexity index is 525. The summed E-state index contributed by atoms with van der Waals surface area (Å²) in [6.07, 6.45) is 11.2. The fourth-order valence-corrected chi connectivity index (χ4v) is 2.56. The number of hydrogen-bond acceptors (Lipinski definition) is 3. The van der Waals surface area contributed by atoms with Gasteiger partial charge in [-0.2, -0.15) is 0 Å². The van der Waals surface area contributed by atoms with E-state index in [4.69, 9.17) is 0 Å². The molecule has 0 fully saturated rings. The second kappa shape index (κ2) is 8.57. The maximum Gasteiger partial charge on any atom is 0.270 e. The van der Waals surface area contributed by atoms with Gasteiger partial charge in [-0.3, -0.25) is 9.78 Å². The lowest BCUT2D eigenvalue weighted by Gasteiger charge is -2.14. The van der Waals surface area contributed by atoms with Gasteiger partial charge >= 0.3 is 0 Å². The fraction of sp³-hybridized carbons (Fsp3) is 0.556. The third kappa shape index (κ3) is 5.17. The molecule has 1 atom stereocenters. The molecule has 1 aromatic heterocycles. The summed E-state index contributed by atoms with van der Waals surface area (Å²) in [5, 5.41) is 6.34. The molecule has 0 saturated carbocycles. The first-order chi connectivity index (χ1) is 10.7. The zero-order valence-corrected chi connectivity index (χ0v) is 13.7. The SMILES string of the molecule is CCC(C)NC(=O)c1cc(NCCC2=CCCCC2)ccn1. The highest BCUT2D eigenvalue weighted by molar-refractivity contribution is 5.93. The predicted molar refractivity (Wildman–Crippen MR) is 91.1 cm³/mol. The summed E-state index contributed by atoms with van der Waals surface area (Å²) in [6.45, 7) is 4.95. The molecule has 22 heavy (non-hydrogen) atoms. The van der Waals surface area contributed by atoms with Crippen molar-refractivity contribution >= 4 is 11.6 Å². The third-order valence-electron chi connectivity index (χ3n) is 4.14. The van der Waals surface area contributed by atoms with Gasteiger partial charge in [0.15, 0.2) is 0 Å². The molecule has 0 aliphatic heterocycles. The van der Waals surface area contributed by atoms with E-state index in [1.54, 1.807) is 11.8 Å². The van der Waals surface area contributed by atoms with E-state index >= 15 is 0 Å². The molecule has 0 radical (unpaired) electrons. The van der Waals surface area contributed by atoms with Gasteiger partial charge in [0.25, 0.3) is 5.91 Å². The van der Waals surface area contributed by atoms with Crippen LogP contribution in [0.1, 0.15) is 62.9 Å². The monoisotopic (exact) mass is 301 g/mol. The molecule has 4 heteroatoms. The minimum Gasteiger partial charge on any atom is -0.385 e. The Hall–Kier alpha value is -1.84. The maximum absolute atomic E-state index is 12.1. The normalized spacial score (nSPS) is 15.8. The van der Waals surface area contributed by atoms with Crippen LogP contribution in [0.3, 0.4) is 0 Å². The van der Waals surface area contributed by atoms with Gasteiger partial charge in [-0.05, 0) is 57.6 Å². The Morgan fingerprint density at radius 3 is 3.00 bits per heavy atom. The van der Waals surface area contributed by atoms with E-state index in [1.165, 1.54) is 25.7 Å². The molecule has 2 N–H and O–H groups in total. The Kier molecular flexibility index (Phi) is 6.44. The van der Waals surface area contributed by atoms with Crippen molar-refractivity contribution in [2.24, 2.45) is 0 Å². The molecule has 0 aromatic carbocycles. The number of amides is 1. The quantitative estimate of drug-likeness (QED) is 0.751. The second-order valence-corrected chi connectivity index (χ2v) is 6.00. The van der Waals surface area contributed by atoms with E-state index in [0.29, 0.717) is 5.69 Å². The summed E-state index contributed by atoms with van der Waals surface area (Å²) in [4.78, 5) is 16.2. The lowest BCUT2D eigenvalue weighted by molar-refractivity contribution is 0.0934. The molecular weight excluding hydrogens is 274 g/mol. The van der Waals surface area contributed by atoms with Crippen LogP contribution in [0.2, 0.25) is 0 Å². The minimum absolute atomic E-state index is 0.104. The van der Waals surface area contributed by atoms with Crippen molar-refractivity contribution in [2.75, 3.05) is 11.9 Å². The molecule has 1 aliphatic rings. The molecule has 0 spiro atoms. The molecule has 1 amide bonds. The van der Waals surface area contributed by atoms with Crippen molar-refractivity contribution in [3.05, 3.63) is 35.7 Å². The van der Waals surface area contributed by atoms with E-state index in [2.05, 4.69) is 28.6 Å². The number of anilines is 1. The molecule has 0 saturated heterocycles. The first-order valence-corrected chi connectivity index (χ1v) is 8.37. The van der Waals surface area contributed by atoms with Gasteiger partial charge < -0.3 is 10.6 Å². The lowest BCUT2D eigenvalue weighted by atomic mass is 9.97. The van der Waals surface area contributed by atoms with E-state index in [0.717, 1.165) is 25.1 Å². The van der Waals surface area contributed by atoms with Crippen molar-refractivity contribution in [1.29, 1.82) is 0 Å². The first-order valence-electron chi connectivity index (χ1n) is 8.37. The number of hydrogen-bond donors (Lipinski definition) is 2. The van der Waals surface area contributed by atoms with E-state index < -0.39 is 0 Å². The molecule has 1 aromatic rings. The zero-order chi connectivity index (χ0) is 15.8. The Balaban J connectivity index is 1.85. The van der Waals surface area contributed by atoms with Crippen molar-refractivity contribution in [3.8, 4) is 0 Å². The number of carbonyl (C=O) groups excluding carboxylic acids is 1. The van der Waals surface area contributed by atoms with Gasteiger partial charge in [0.1, 0.15) is 5.69 Å². The fourth-order valence-electron chi connectivity index (χ4n) is 2.56. The van der Waals surface area contributed by atoms with Crippen LogP contribution in [0, 0.1) is 0 Å². The summed E-state index contributed by atoms with van der Waals surface area (Å²) < 4.78 is 0. The molecule has 1 unspecified atom stereocenters. The summed E-state index contributed by atoms with van der Waals surface area (Å²) in [6, 6.07) is 3.91. The molecular formula is C18H27N3O. The highest BCUT2D eigenvalue weighted by atomic mass is 16.1. The van der Waals surface area contributed by atoms with E-state index in [-0.39, 0.29) is 11.9 Å². The van der Waals surface area contributed by atoms with E-state index in [9.17, 15) is 4.79 Å². The molecule has 1 heterocycles. The van der Waals surface area contributed by atoms with Crippen LogP contribution in [0.15, 0.2) is 30.0 Å². The average molecular weight is 301 g/mol. The van der Waals surface area contributed by atoms with Gasteiger partial charge in [0, 0.05) is 24.5 Å². The summed E-state index contributed by atoms with van der Waals surface area (Å²) >= 11 is 0. The topological polar surface area (TPSA) is 54.0 Å². The highest BCUT2D eigenvalue weighted by Gasteiger charge is 2.10. The first kappa shape index (κ1) is 16.5. The molecule has 120 valence electrons. The Morgan fingerprint density at radius 1 is 1.41 bits per heavy atom. The van der Waals surface area contributed by atoms with E-state index in [1.807, 2.05) is 19.1 Å². The molecule has 1 aliphatic carbocycles. The number of rotatable bonds is 7. The van der Waals surface area contributed by atoms with Crippen LogP contribution < -0.4 is 10.6 Å². The van der Waals surface area contributed by atoms with Crippen LogP contribution >= 0.6 is 0 Å². The third-order valence-corrected chi connectivity index (χ3v) is 4.14. The number of carbonyl (C=O) groups is 1. The standard InChI is InChI=1S/C18H27N3O/c1-3-14(2)21-18(22)17-13-16(10-12-20-17)19-11-9-15-7-5-4-6-8-15/h7,10,12-14H,3-6,8-9,11H2,1-2H3,(H,19,20)(H,21,22). The van der Waals surface area contributed by atoms with Gasteiger partial charge in [-0.15, -0.1) is 0 Å². The number of allylic oxidation sites excluding steroid dienone is 1. The maximum atomic E-state index is 12.1. The second-order valence-electron chi connectivity index (χ2n) is 6.00. The molecule has 2 rings (SSSR count). The van der Waals surface area contributed by atoms with Crippen molar-refractivity contribution in [1.82, 2.24) is 10.3 Å². The van der Waals surface area contributed by atoms with Gasteiger partial charge in [-0.1, -0.05) is 18.6 Å². The smallest absolute Gasteiger partial charge is 0.270 e. The minimum atomic E-state index is -0.104. The zero-order valence-electron chi connectivity index (χ0n) is 13.7. The number of pyridine rings is 1. The highest BCUT2D eigenvalue weighted by Crippen LogP contribution is 2.20. The van der Waals surface area contributed by atoms with Crippen LogP contribution in [0.5, 0.6) is 0 Å². The number of nitrogens with one attached hydrogen (secondary N) is 2. The van der Waals surface area contributed by atoms with Crippen LogP contribution in [0.25, 0.3) is 0 Å². The number of aromatic nitrogens is 1. The van der Waals surface area contributed by atoms with Gasteiger partial charge in [-0.25, -0.2) is 0 Å². The summed E-state index contributed by atoms with van der Waals surface area (Å²) in [5.74, 6) is -0.104. The van der Waals surface area contributed by atoms with Crippen LogP contribution in [-0.2, 0) is 0 Å². The summed E-state index contributed by atoms with van der Waals surface area (Å²) in [7, 11) is 0. The van der Waals surface area contributed by atoms with Crippen molar-refractivity contribution in [3.63, 3.8) is 0 Å². The van der Waals surface area contributed by atoms with Gasteiger partial charge in [0.05, 0.1) is 0 Å². The van der Waals surface area contributed by atoms with Crippen LogP contribution in [-0.4, -0.2) is 23.5 Å². The molecule has 4 nitrogen and oxygen atoms in total. The summed E-state index contributed by atoms with van der Waals surface area (Å²) in [5.41, 5.74) is 2.99. The van der Waals surface area contributed by atoms with Crippen molar-refractivity contribution < 1.29 is 4.79 Å². The molecule has 0 bridgehead atoms. The average Bonchev–Trinajstić information content (AvgIpc) is 2.56. The Labute approximate surface area is 133 Å². The Morgan fingerprint density at radius 2 is 2.27 bits per heavy atom. The lowest BCUT2D eigenvalue weighted by Crippen LogP contribution is -2.32. The van der Waals surface area contributed by atoms with Crippen LogP contribution in [0.4, 0.5) is 5.69 Å². The largest absolute Gasteiger partial charge is 0.385 e.